The van der Waals surface area contributed by atoms with Crippen molar-refractivity contribution in [2.45, 2.75) is 20.0 Å². The van der Waals surface area contributed by atoms with Gasteiger partial charge >= 0.3 is 11.9 Å². The molecule has 6 heteroatoms. The van der Waals surface area contributed by atoms with Gasteiger partial charge in [0, 0.05) is 6.92 Å². The SMILES string of the molecule is CC(=O)OCC(O)COC(=O)C(C)C#N. The fourth-order valence-corrected chi connectivity index (χ4v) is 0.618. The van der Waals surface area contributed by atoms with Crippen LogP contribution >= 0.6 is 0 Å². The van der Waals surface area contributed by atoms with E-state index in [4.69, 9.17) is 10.4 Å². The molecule has 0 spiro atoms. The summed E-state index contributed by atoms with van der Waals surface area (Å²) in [5.41, 5.74) is 0. The molecule has 0 saturated heterocycles. The number of ether oxygens (including phenoxy) is 2. The van der Waals surface area contributed by atoms with Gasteiger partial charge in [0.05, 0.1) is 6.07 Å². The summed E-state index contributed by atoms with van der Waals surface area (Å²) in [5, 5.41) is 17.5. The van der Waals surface area contributed by atoms with Gasteiger partial charge in [-0.3, -0.25) is 9.59 Å². The molecule has 0 aliphatic heterocycles. The van der Waals surface area contributed by atoms with E-state index in [9.17, 15) is 9.59 Å². The summed E-state index contributed by atoms with van der Waals surface area (Å²) in [7, 11) is 0. The summed E-state index contributed by atoms with van der Waals surface area (Å²) in [6.45, 7) is 2.07. The number of aliphatic hydroxyl groups is 1. The lowest BCUT2D eigenvalue weighted by molar-refractivity contribution is -0.152. The molecule has 1 N–H and O–H groups in total. The van der Waals surface area contributed by atoms with E-state index in [0.29, 0.717) is 0 Å². The lowest BCUT2D eigenvalue weighted by Gasteiger charge is -2.11. The van der Waals surface area contributed by atoms with E-state index >= 15 is 0 Å². The summed E-state index contributed by atoms with van der Waals surface area (Å²) in [6.07, 6.45) is -1.07. The second-order valence-electron chi connectivity index (χ2n) is 2.94. The van der Waals surface area contributed by atoms with Crippen molar-refractivity contribution in [3.63, 3.8) is 0 Å². The molecule has 0 aromatic carbocycles. The van der Waals surface area contributed by atoms with E-state index in [1.807, 2.05) is 0 Å². The Morgan fingerprint density at radius 3 is 2.40 bits per heavy atom. The Hall–Kier alpha value is -1.61. The fourth-order valence-electron chi connectivity index (χ4n) is 0.618. The molecule has 2 atom stereocenters. The van der Waals surface area contributed by atoms with Crippen molar-refractivity contribution in [3.8, 4) is 6.07 Å². The molecule has 0 rings (SSSR count). The van der Waals surface area contributed by atoms with Crippen molar-refractivity contribution in [2.24, 2.45) is 5.92 Å². The lowest BCUT2D eigenvalue weighted by Crippen LogP contribution is -2.26. The van der Waals surface area contributed by atoms with Gasteiger partial charge in [-0.25, -0.2) is 0 Å². The molecular weight excluding hydrogens is 202 g/mol. The minimum absolute atomic E-state index is 0.233. The first kappa shape index (κ1) is 13.4. The zero-order valence-electron chi connectivity index (χ0n) is 8.60. The van der Waals surface area contributed by atoms with Crippen LogP contribution in [0.25, 0.3) is 0 Å². The number of carbonyl (C=O) groups is 2. The minimum Gasteiger partial charge on any atom is -0.463 e. The van der Waals surface area contributed by atoms with Crippen LogP contribution in [0.4, 0.5) is 0 Å². The zero-order valence-corrected chi connectivity index (χ0v) is 8.60. The Balaban J connectivity index is 3.72. The number of aliphatic hydroxyl groups excluding tert-OH is 1. The highest BCUT2D eigenvalue weighted by molar-refractivity contribution is 5.74. The van der Waals surface area contributed by atoms with Gasteiger partial charge in [0.15, 0.2) is 0 Å². The van der Waals surface area contributed by atoms with Crippen LogP contribution in [0.2, 0.25) is 0 Å². The standard InChI is InChI=1S/C9H13NO5/c1-6(3-10)9(13)15-5-8(12)4-14-7(2)11/h6,8,12H,4-5H2,1-2H3. The molecule has 0 bridgehead atoms. The second-order valence-corrected chi connectivity index (χ2v) is 2.94. The van der Waals surface area contributed by atoms with Crippen molar-refractivity contribution in [1.29, 1.82) is 5.26 Å². The maximum absolute atomic E-state index is 11.0. The van der Waals surface area contributed by atoms with Gasteiger partial charge in [0.2, 0.25) is 0 Å². The molecule has 6 nitrogen and oxygen atoms in total. The number of hydrogen-bond acceptors (Lipinski definition) is 6. The first-order valence-corrected chi connectivity index (χ1v) is 4.35. The minimum atomic E-state index is -1.07. The molecule has 0 amide bonds. The normalized spacial score (nSPS) is 13.5. The van der Waals surface area contributed by atoms with Gasteiger partial charge < -0.3 is 14.6 Å². The highest BCUT2D eigenvalue weighted by atomic mass is 16.6. The first-order chi connectivity index (χ1) is 6.97. The average molecular weight is 215 g/mol. The largest absolute Gasteiger partial charge is 0.463 e. The molecule has 15 heavy (non-hydrogen) atoms. The van der Waals surface area contributed by atoms with Crippen LogP contribution in [0, 0.1) is 17.2 Å². The first-order valence-electron chi connectivity index (χ1n) is 4.35. The maximum Gasteiger partial charge on any atom is 0.323 e. The summed E-state index contributed by atoms with van der Waals surface area (Å²) >= 11 is 0. The third kappa shape index (κ3) is 6.46. The Morgan fingerprint density at radius 1 is 1.40 bits per heavy atom. The van der Waals surface area contributed by atoms with Crippen molar-refractivity contribution >= 4 is 11.9 Å². The zero-order chi connectivity index (χ0) is 11.8. The summed E-state index contributed by atoms with van der Waals surface area (Å²) in [6, 6.07) is 1.70. The topological polar surface area (TPSA) is 96.6 Å². The van der Waals surface area contributed by atoms with Gasteiger partial charge in [0.1, 0.15) is 25.2 Å². The van der Waals surface area contributed by atoms with Gasteiger partial charge in [-0.1, -0.05) is 0 Å². The predicted molar refractivity (Wildman–Crippen MR) is 48.4 cm³/mol. The number of nitriles is 1. The van der Waals surface area contributed by atoms with Crippen molar-refractivity contribution in [3.05, 3.63) is 0 Å². The molecule has 0 radical (unpaired) electrons. The number of esters is 2. The molecule has 0 aromatic rings. The molecule has 0 fully saturated rings. The Morgan fingerprint density at radius 2 is 1.93 bits per heavy atom. The Bertz CT molecular complexity index is 270. The van der Waals surface area contributed by atoms with Gasteiger partial charge in [-0.05, 0) is 6.92 Å². The molecule has 84 valence electrons. The maximum atomic E-state index is 11.0. The van der Waals surface area contributed by atoms with E-state index in [1.54, 1.807) is 6.07 Å². The van der Waals surface area contributed by atoms with Crippen LogP contribution in [0.15, 0.2) is 0 Å². The third-order valence-electron chi connectivity index (χ3n) is 1.44. The van der Waals surface area contributed by atoms with Crippen molar-refractivity contribution in [1.82, 2.24) is 0 Å². The van der Waals surface area contributed by atoms with Crippen molar-refractivity contribution in [2.75, 3.05) is 13.2 Å². The fraction of sp³-hybridized carbons (Fsp3) is 0.667. The van der Waals surface area contributed by atoms with E-state index in [0.717, 1.165) is 0 Å². The quantitative estimate of drug-likeness (QED) is 0.627. The Kier molecular flexibility index (Phi) is 6.06. The van der Waals surface area contributed by atoms with E-state index in [1.165, 1.54) is 13.8 Å². The summed E-state index contributed by atoms with van der Waals surface area (Å²) < 4.78 is 9.06. The predicted octanol–water partition coefficient (Wildman–Crippen LogP) is -0.387. The molecule has 2 unspecified atom stereocenters. The van der Waals surface area contributed by atoms with Crippen LogP contribution in [-0.4, -0.2) is 36.4 Å². The molecule has 0 aliphatic rings. The average Bonchev–Trinajstić information content (AvgIpc) is 2.21. The molecule has 0 aliphatic carbocycles. The van der Waals surface area contributed by atoms with Crippen LogP contribution in [0.5, 0.6) is 0 Å². The monoisotopic (exact) mass is 215 g/mol. The van der Waals surface area contributed by atoms with Crippen LogP contribution < -0.4 is 0 Å². The summed E-state index contributed by atoms with van der Waals surface area (Å²) in [5.74, 6) is -2.10. The molecule has 0 aromatic heterocycles. The van der Waals surface area contributed by atoms with E-state index in [-0.39, 0.29) is 13.2 Å². The molecule has 0 heterocycles. The number of carbonyl (C=O) groups excluding carboxylic acids is 2. The lowest BCUT2D eigenvalue weighted by atomic mass is 10.2. The highest BCUT2D eigenvalue weighted by Gasteiger charge is 2.15. The third-order valence-corrected chi connectivity index (χ3v) is 1.44. The van der Waals surface area contributed by atoms with Crippen LogP contribution in [-0.2, 0) is 19.1 Å². The number of rotatable bonds is 5. The molecule has 0 saturated carbocycles. The molecular formula is C9H13NO5. The van der Waals surface area contributed by atoms with E-state index < -0.39 is 24.0 Å². The van der Waals surface area contributed by atoms with E-state index in [2.05, 4.69) is 9.47 Å². The highest BCUT2D eigenvalue weighted by Crippen LogP contribution is 1.97. The van der Waals surface area contributed by atoms with Crippen molar-refractivity contribution < 1.29 is 24.2 Å². The summed E-state index contributed by atoms with van der Waals surface area (Å²) in [4.78, 5) is 21.3. The smallest absolute Gasteiger partial charge is 0.323 e. The van der Waals surface area contributed by atoms with Gasteiger partial charge in [0.25, 0.3) is 0 Å². The van der Waals surface area contributed by atoms with Gasteiger partial charge in [-0.2, -0.15) is 5.26 Å². The number of hydrogen-bond donors (Lipinski definition) is 1. The number of nitrogens with zero attached hydrogens (tertiary/aromatic N) is 1. The van der Waals surface area contributed by atoms with Gasteiger partial charge in [-0.15, -0.1) is 0 Å². The van der Waals surface area contributed by atoms with Crippen LogP contribution in [0.1, 0.15) is 13.8 Å². The second kappa shape index (κ2) is 6.79. The Labute approximate surface area is 87.4 Å². The van der Waals surface area contributed by atoms with Crippen LogP contribution in [0.3, 0.4) is 0 Å².